The van der Waals surface area contributed by atoms with Crippen molar-refractivity contribution in [1.82, 2.24) is 24.9 Å². The maximum absolute atomic E-state index is 13.8. The van der Waals surface area contributed by atoms with Gasteiger partial charge in [0.25, 0.3) is 32.1 Å². The number of nitrogens with one attached hydrogen (secondary N) is 4. The number of hydrogen-bond donors (Lipinski definition) is 6. The van der Waals surface area contributed by atoms with Gasteiger partial charge in [-0.2, -0.15) is 41.8 Å². The number of carbonyl (C=O) groups excluding carboxylic acids is 4. The summed E-state index contributed by atoms with van der Waals surface area (Å²) in [6.45, 7) is 16.7. The van der Waals surface area contributed by atoms with E-state index in [1.165, 1.54) is 74.2 Å². The third kappa shape index (κ3) is 19.1. The number of azo groups is 2. The molecule has 5 heterocycles. The van der Waals surface area contributed by atoms with E-state index in [4.69, 9.17) is 44.6 Å². The number of Topliss-reactive ketones (excluding diaryl/α,β-unsaturated/α-hetero) is 2. The van der Waals surface area contributed by atoms with Gasteiger partial charge >= 0.3 is 0 Å². The Hall–Kier alpha value is -9.78. The smallest absolute Gasteiger partial charge is 0.294 e. The van der Waals surface area contributed by atoms with Gasteiger partial charge in [-0.25, -0.2) is 0 Å². The molecule has 29 nitrogen and oxygen atoms in total. The van der Waals surface area contributed by atoms with Gasteiger partial charge in [-0.3, -0.25) is 28.3 Å². The molecule has 2 amide bonds. The quantitative estimate of drug-likeness (QED) is 0.00633. The maximum Gasteiger partial charge on any atom is 0.294 e. The number of hydrogen-bond acceptors (Lipinski definition) is 28. The van der Waals surface area contributed by atoms with Crippen molar-refractivity contribution in [3.63, 3.8) is 0 Å². The zero-order chi connectivity index (χ0) is 71.1. The monoisotopic (exact) mass is 1450 g/mol. The van der Waals surface area contributed by atoms with Crippen LogP contribution in [0.4, 0.5) is 79.3 Å². The fraction of sp³-hybridized carbons (Fsp3) is 0.288. The van der Waals surface area contributed by atoms with Crippen molar-refractivity contribution in [2.75, 3.05) is 120 Å². The lowest BCUT2D eigenvalue weighted by Crippen LogP contribution is -2.36. The van der Waals surface area contributed by atoms with Gasteiger partial charge in [0.15, 0.2) is 16.7 Å². The van der Waals surface area contributed by atoms with Crippen LogP contribution in [0, 0.1) is 0 Å². The Bertz CT molecular complexity index is 4420. The summed E-state index contributed by atoms with van der Waals surface area (Å²) in [5.74, 6) is -1.23. The third-order valence-electron chi connectivity index (χ3n) is 15.5. The second-order valence-corrected chi connectivity index (χ2v) is 28.0. The fourth-order valence-corrected chi connectivity index (χ4v) is 13.9. The number of ketones is 2. The molecule has 522 valence electrons. The standard InChI is InChI=1S/C66H71N17O12S5/c1-7-80(8-2)46-22-24-52(76-78-65-71-58(82-26-30-94-31-27-82)56(97-65)38-50(41(5)84)60(86)67-44-18-14-20-48(34-44)99(88,89)90)54(36-46)69-62-73-63(75-64(74-62)96-40-43-16-12-11-13-17-43)70-55-37-47(81(9-3)10-4)23-25-53(55)77-79-66-72-59(83-28-32-95-33-29-83)57(98-66)39-51(42(6)85)61(87)68-45-19-15-21-49(35-45)100(91,92)93/h11-25,34-39H,7-10,26-33,40H2,1-6H3,(H,67,86)(H,68,87)(H,88,89,90)(H,91,92,93)(H2,69,70,73,74,75). The Labute approximate surface area is 589 Å². The number of benzene rings is 5. The predicted molar refractivity (Wildman–Crippen MR) is 388 cm³/mol. The Morgan fingerprint density at radius 1 is 0.550 bits per heavy atom. The van der Waals surface area contributed by atoms with Crippen molar-refractivity contribution in [2.45, 2.75) is 62.2 Å². The Kier molecular flexibility index (Phi) is 24.4. The fourth-order valence-electron chi connectivity index (χ4n) is 10.4. The van der Waals surface area contributed by atoms with E-state index in [2.05, 4.69) is 41.3 Å². The lowest BCUT2D eigenvalue weighted by Gasteiger charge is -2.27. The first kappa shape index (κ1) is 73.0. The molecule has 5 aromatic carbocycles. The van der Waals surface area contributed by atoms with Crippen molar-refractivity contribution in [2.24, 2.45) is 20.5 Å². The molecule has 0 bridgehead atoms. The maximum atomic E-state index is 13.8. The highest BCUT2D eigenvalue weighted by Gasteiger charge is 2.27. The van der Waals surface area contributed by atoms with Crippen LogP contribution in [0.1, 0.15) is 56.9 Å². The van der Waals surface area contributed by atoms with Gasteiger partial charge < -0.3 is 50.3 Å². The number of aromatic nitrogens is 5. The highest BCUT2D eigenvalue weighted by molar-refractivity contribution is 7.98. The summed E-state index contributed by atoms with van der Waals surface area (Å²) < 4.78 is 78.2. The zero-order valence-electron chi connectivity index (χ0n) is 55.1. The molecule has 0 saturated carbocycles. The highest BCUT2D eigenvalue weighted by Crippen LogP contribution is 2.41. The van der Waals surface area contributed by atoms with Gasteiger partial charge in [0.05, 0.1) is 68.5 Å². The van der Waals surface area contributed by atoms with Crippen LogP contribution in [0.3, 0.4) is 0 Å². The van der Waals surface area contributed by atoms with Crippen molar-refractivity contribution < 1.29 is 54.6 Å². The van der Waals surface area contributed by atoms with E-state index in [0.717, 1.165) is 51.7 Å². The average Bonchev–Trinajstić information content (AvgIpc) is 1.53. The van der Waals surface area contributed by atoms with Crippen LogP contribution in [0.2, 0.25) is 0 Å². The molecule has 6 N–H and O–H groups in total. The van der Waals surface area contributed by atoms with Crippen LogP contribution in [0.15, 0.2) is 162 Å². The van der Waals surface area contributed by atoms with E-state index < -0.39 is 53.4 Å². The summed E-state index contributed by atoms with van der Waals surface area (Å²) in [6, 6.07) is 31.1. The Balaban J connectivity index is 1.01. The van der Waals surface area contributed by atoms with E-state index in [-0.39, 0.29) is 44.7 Å². The number of nitrogens with zero attached hydrogens (tertiary/aromatic N) is 13. The van der Waals surface area contributed by atoms with Crippen LogP contribution in [-0.4, -0.2) is 153 Å². The number of thiazole rings is 2. The molecule has 2 fully saturated rings. The molecular weight excluding hydrogens is 1380 g/mol. The van der Waals surface area contributed by atoms with Crippen molar-refractivity contribution in [3.05, 3.63) is 142 Å². The molecule has 10 rings (SSSR count). The summed E-state index contributed by atoms with van der Waals surface area (Å²) in [4.78, 5) is 86.8. The third-order valence-corrected chi connectivity index (χ3v) is 19.8. The molecule has 34 heteroatoms. The number of ether oxygens (including phenoxy) is 2. The molecule has 100 heavy (non-hydrogen) atoms. The van der Waals surface area contributed by atoms with E-state index in [1.54, 1.807) is 12.1 Å². The summed E-state index contributed by atoms with van der Waals surface area (Å²) in [5.41, 5.74) is 3.88. The van der Waals surface area contributed by atoms with Crippen molar-refractivity contribution in [3.8, 4) is 0 Å². The van der Waals surface area contributed by atoms with E-state index in [1.807, 2.05) is 92.1 Å². The molecule has 0 unspecified atom stereocenters. The average molecular weight is 1450 g/mol. The zero-order valence-corrected chi connectivity index (χ0v) is 59.2. The van der Waals surface area contributed by atoms with Crippen LogP contribution in [0.5, 0.6) is 0 Å². The van der Waals surface area contributed by atoms with Crippen LogP contribution < -0.4 is 40.9 Å². The minimum absolute atomic E-state index is 0.0277. The number of rotatable bonds is 29. The minimum atomic E-state index is -4.60. The van der Waals surface area contributed by atoms with E-state index >= 15 is 0 Å². The topological polar surface area (TPSA) is 370 Å². The summed E-state index contributed by atoms with van der Waals surface area (Å²) in [5, 5.41) is 31.5. The van der Waals surface area contributed by atoms with E-state index in [0.29, 0.717) is 134 Å². The van der Waals surface area contributed by atoms with Gasteiger partial charge in [-0.1, -0.05) is 76.9 Å². The molecule has 8 aromatic rings. The predicted octanol–water partition coefficient (Wildman–Crippen LogP) is 12.5. The van der Waals surface area contributed by atoms with E-state index in [9.17, 15) is 45.1 Å². The van der Waals surface area contributed by atoms with Crippen molar-refractivity contribution >= 4 is 169 Å². The number of amides is 2. The van der Waals surface area contributed by atoms with Gasteiger partial charge in [-0.15, -0.1) is 20.5 Å². The summed E-state index contributed by atoms with van der Waals surface area (Å²) in [7, 11) is -9.20. The normalized spacial score (nSPS) is 14.0. The molecule has 0 atom stereocenters. The van der Waals surface area contributed by atoms with Gasteiger partial charge in [0.2, 0.25) is 22.2 Å². The SMILES string of the molecule is CCN(CC)c1ccc(N=Nc2nc(N3CCOCC3)c(C=C(C(C)=O)C(=O)Nc3cccc(S(=O)(=O)O)c3)s2)c(Nc2nc(Nc3cc(N(CC)CC)ccc3N=Nc3nc(N4CCOCC4)c(C=C(C(C)=O)C(=O)Nc4cccc(S(=O)(=O)O)c4)s3)nc(SCc3ccccc3)n2)c1. The first-order chi connectivity index (χ1) is 48.0. The Morgan fingerprint density at radius 2 is 0.970 bits per heavy atom. The number of morpholine rings is 2. The van der Waals surface area contributed by atoms with Crippen molar-refractivity contribution in [1.29, 1.82) is 0 Å². The lowest BCUT2D eigenvalue weighted by molar-refractivity contribution is -0.120. The second-order valence-electron chi connectivity index (χ2n) is 22.1. The largest absolute Gasteiger partial charge is 0.378 e. The summed E-state index contributed by atoms with van der Waals surface area (Å²) >= 11 is 3.55. The molecule has 3 aromatic heterocycles. The molecular formula is C66H71N17O12S5. The Morgan fingerprint density at radius 3 is 1.36 bits per heavy atom. The number of thioether (sulfide) groups is 1. The van der Waals surface area contributed by atoms with Gasteiger partial charge in [-0.05, 0) is 132 Å². The number of carbonyl (C=O) groups is 4. The van der Waals surface area contributed by atoms with Gasteiger partial charge in [0, 0.05) is 80.9 Å². The molecule has 2 aliphatic rings. The lowest BCUT2D eigenvalue weighted by atomic mass is 10.1. The second kappa shape index (κ2) is 33.4. The van der Waals surface area contributed by atoms with Crippen LogP contribution in [-0.2, 0) is 54.6 Å². The highest BCUT2D eigenvalue weighted by atomic mass is 32.2. The molecule has 0 aliphatic carbocycles. The molecule has 2 aliphatic heterocycles. The summed E-state index contributed by atoms with van der Waals surface area (Å²) in [6.07, 6.45) is 2.81. The first-order valence-electron chi connectivity index (χ1n) is 31.5. The number of anilines is 10. The molecule has 0 spiro atoms. The molecule has 0 radical (unpaired) electrons. The minimum Gasteiger partial charge on any atom is -0.378 e. The molecule has 2 saturated heterocycles. The van der Waals surface area contributed by atoms with Crippen LogP contribution in [0.25, 0.3) is 12.2 Å². The van der Waals surface area contributed by atoms with Gasteiger partial charge in [0.1, 0.15) is 23.0 Å². The first-order valence-corrected chi connectivity index (χ1v) is 37.0. The van der Waals surface area contributed by atoms with Crippen LogP contribution >= 0.6 is 34.4 Å².